The molecule has 0 saturated heterocycles. The molecule has 0 fully saturated rings. The van der Waals surface area contributed by atoms with Crippen molar-refractivity contribution in [1.29, 1.82) is 0 Å². The lowest BCUT2D eigenvalue weighted by atomic mass is 10.3. The minimum Gasteiger partial charge on any atom is -0.472 e. The first-order valence-corrected chi connectivity index (χ1v) is 7.31. The quantitative estimate of drug-likeness (QED) is 0.578. The highest BCUT2D eigenvalue weighted by Gasteiger charge is 2.15. The van der Waals surface area contributed by atoms with Gasteiger partial charge in [-0.15, -0.1) is 0 Å². The van der Waals surface area contributed by atoms with E-state index in [0.717, 1.165) is 16.6 Å². The van der Waals surface area contributed by atoms with E-state index in [1.165, 1.54) is 0 Å². The summed E-state index contributed by atoms with van der Waals surface area (Å²) in [6.07, 6.45) is 3.09. The zero-order chi connectivity index (χ0) is 15.8. The normalized spacial score (nSPS) is 11.3. The third kappa shape index (κ3) is 2.17. The van der Waals surface area contributed by atoms with Crippen LogP contribution in [0.4, 0.5) is 0 Å². The Hall–Kier alpha value is -3.09. The monoisotopic (exact) mass is 310 g/mol. The molecule has 0 aliphatic heterocycles. The van der Waals surface area contributed by atoms with Crippen LogP contribution in [0, 0.1) is 0 Å². The first-order chi connectivity index (χ1) is 11.3. The minimum atomic E-state index is -0.0863. The second kappa shape index (κ2) is 5.28. The van der Waals surface area contributed by atoms with Crippen molar-refractivity contribution in [2.75, 3.05) is 0 Å². The SMILES string of the molecule is CCn1c(=O)n(Cc2nc(-c3ccoc3)no2)c2ccccc21. The van der Waals surface area contributed by atoms with Crippen molar-refractivity contribution in [1.82, 2.24) is 19.3 Å². The van der Waals surface area contributed by atoms with Gasteiger partial charge in [-0.2, -0.15) is 4.98 Å². The number of fused-ring (bicyclic) bond motifs is 1. The van der Waals surface area contributed by atoms with Gasteiger partial charge in [0, 0.05) is 6.54 Å². The molecule has 23 heavy (non-hydrogen) atoms. The number of benzene rings is 1. The Morgan fingerprint density at radius 2 is 1.91 bits per heavy atom. The molecule has 0 spiro atoms. The lowest BCUT2D eigenvalue weighted by Crippen LogP contribution is -2.24. The van der Waals surface area contributed by atoms with Crippen molar-refractivity contribution >= 4 is 11.0 Å². The van der Waals surface area contributed by atoms with Crippen molar-refractivity contribution in [2.24, 2.45) is 0 Å². The van der Waals surface area contributed by atoms with Crippen molar-refractivity contribution in [3.63, 3.8) is 0 Å². The molecular weight excluding hydrogens is 296 g/mol. The summed E-state index contributed by atoms with van der Waals surface area (Å²) < 4.78 is 13.6. The highest BCUT2D eigenvalue weighted by atomic mass is 16.5. The van der Waals surface area contributed by atoms with E-state index in [2.05, 4.69) is 10.1 Å². The van der Waals surface area contributed by atoms with Crippen LogP contribution in [0.25, 0.3) is 22.4 Å². The summed E-state index contributed by atoms with van der Waals surface area (Å²) in [5.41, 5.74) is 2.40. The first kappa shape index (κ1) is 13.6. The lowest BCUT2D eigenvalue weighted by molar-refractivity contribution is 0.370. The Bertz CT molecular complexity index is 1010. The number of imidazole rings is 1. The molecule has 3 heterocycles. The lowest BCUT2D eigenvalue weighted by Gasteiger charge is -1.97. The summed E-state index contributed by atoms with van der Waals surface area (Å²) >= 11 is 0. The van der Waals surface area contributed by atoms with Crippen LogP contribution < -0.4 is 5.69 Å². The standard InChI is InChI=1S/C16H14N4O3/c1-2-19-12-5-3-4-6-13(12)20(16(19)21)9-14-17-15(18-23-14)11-7-8-22-10-11/h3-8,10H,2,9H2,1H3. The van der Waals surface area contributed by atoms with Crippen LogP contribution in [-0.4, -0.2) is 19.3 Å². The Morgan fingerprint density at radius 1 is 1.13 bits per heavy atom. The topological polar surface area (TPSA) is 79.0 Å². The van der Waals surface area contributed by atoms with E-state index in [0.29, 0.717) is 18.3 Å². The van der Waals surface area contributed by atoms with Crippen LogP contribution in [-0.2, 0) is 13.1 Å². The Morgan fingerprint density at radius 3 is 2.61 bits per heavy atom. The molecule has 3 aromatic heterocycles. The molecular formula is C16H14N4O3. The maximum atomic E-state index is 12.6. The van der Waals surface area contributed by atoms with Gasteiger partial charge >= 0.3 is 5.69 Å². The summed E-state index contributed by atoms with van der Waals surface area (Å²) in [5, 5.41) is 3.92. The van der Waals surface area contributed by atoms with E-state index in [4.69, 9.17) is 8.94 Å². The fourth-order valence-electron chi connectivity index (χ4n) is 2.69. The molecule has 0 radical (unpaired) electrons. The second-order valence-corrected chi connectivity index (χ2v) is 5.13. The van der Waals surface area contributed by atoms with Gasteiger partial charge in [0.1, 0.15) is 12.8 Å². The highest BCUT2D eigenvalue weighted by Crippen LogP contribution is 2.18. The molecule has 116 valence electrons. The molecule has 0 saturated carbocycles. The number of hydrogen-bond acceptors (Lipinski definition) is 5. The molecule has 7 heteroatoms. The molecule has 0 bridgehead atoms. The van der Waals surface area contributed by atoms with Gasteiger partial charge in [0.05, 0.1) is 22.9 Å². The minimum absolute atomic E-state index is 0.0863. The number of rotatable bonds is 4. The van der Waals surface area contributed by atoms with Gasteiger partial charge in [-0.3, -0.25) is 9.13 Å². The van der Waals surface area contributed by atoms with E-state index >= 15 is 0 Å². The fourth-order valence-corrected chi connectivity index (χ4v) is 2.69. The smallest absolute Gasteiger partial charge is 0.329 e. The van der Waals surface area contributed by atoms with Crippen molar-refractivity contribution < 1.29 is 8.94 Å². The molecule has 0 amide bonds. The van der Waals surface area contributed by atoms with Crippen LogP contribution in [0.2, 0.25) is 0 Å². The van der Waals surface area contributed by atoms with Gasteiger partial charge < -0.3 is 8.94 Å². The van der Waals surface area contributed by atoms with E-state index in [9.17, 15) is 4.79 Å². The Balaban J connectivity index is 1.76. The van der Waals surface area contributed by atoms with E-state index in [-0.39, 0.29) is 12.2 Å². The van der Waals surface area contributed by atoms with Gasteiger partial charge in [0.15, 0.2) is 0 Å². The van der Waals surface area contributed by atoms with Crippen molar-refractivity contribution in [2.45, 2.75) is 20.0 Å². The van der Waals surface area contributed by atoms with Gasteiger partial charge in [0.2, 0.25) is 11.7 Å². The molecule has 4 rings (SSSR count). The molecule has 1 aromatic carbocycles. The highest BCUT2D eigenvalue weighted by molar-refractivity contribution is 5.76. The Kier molecular flexibility index (Phi) is 3.11. The number of nitrogens with zero attached hydrogens (tertiary/aromatic N) is 4. The zero-order valence-electron chi connectivity index (χ0n) is 12.5. The van der Waals surface area contributed by atoms with Gasteiger partial charge in [-0.05, 0) is 25.1 Å². The third-order valence-electron chi connectivity index (χ3n) is 3.78. The summed E-state index contributed by atoms with van der Waals surface area (Å²) in [5.74, 6) is 0.823. The fraction of sp³-hybridized carbons (Fsp3) is 0.188. The van der Waals surface area contributed by atoms with E-state index < -0.39 is 0 Å². The summed E-state index contributed by atoms with van der Waals surface area (Å²) in [4.78, 5) is 16.9. The molecule has 7 nitrogen and oxygen atoms in total. The first-order valence-electron chi connectivity index (χ1n) is 7.31. The van der Waals surface area contributed by atoms with Gasteiger partial charge in [-0.25, -0.2) is 4.79 Å². The maximum absolute atomic E-state index is 12.6. The Labute approximate surface area is 130 Å². The molecule has 0 unspecified atom stereocenters. The summed E-state index contributed by atoms with van der Waals surface area (Å²) in [7, 11) is 0. The number of aromatic nitrogens is 4. The molecule has 0 N–H and O–H groups in total. The average molecular weight is 310 g/mol. The van der Waals surface area contributed by atoms with Crippen LogP contribution >= 0.6 is 0 Å². The van der Waals surface area contributed by atoms with E-state index in [1.807, 2.05) is 31.2 Å². The van der Waals surface area contributed by atoms with Crippen molar-refractivity contribution in [3.05, 3.63) is 59.2 Å². The molecule has 0 atom stereocenters. The van der Waals surface area contributed by atoms with Gasteiger partial charge in [0.25, 0.3) is 0 Å². The summed E-state index contributed by atoms with van der Waals surface area (Å²) in [6.45, 7) is 2.79. The number of hydrogen-bond donors (Lipinski definition) is 0. The number of para-hydroxylation sites is 2. The summed E-state index contributed by atoms with van der Waals surface area (Å²) in [6, 6.07) is 9.42. The number of aryl methyl sites for hydroxylation is 1. The van der Waals surface area contributed by atoms with Gasteiger partial charge in [-0.1, -0.05) is 17.3 Å². The van der Waals surface area contributed by atoms with Crippen LogP contribution in [0.5, 0.6) is 0 Å². The van der Waals surface area contributed by atoms with Crippen molar-refractivity contribution in [3.8, 4) is 11.4 Å². The molecule has 0 aliphatic rings. The molecule has 4 aromatic rings. The average Bonchev–Trinajstić information content (AvgIpc) is 3.29. The number of furan rings is 1. The largest absolute Gasteiger partial charge is 0.472 e. The predicted octanol–water partition coefficient (Wildman–Crippen LogP) is 2.51. The second-order valence-electron chi connectivity index (χ2n) is 5.13. The van der Waals surface area contributed by atoms with E-state index in [1.54, 1.807) is 27.7 Å². The predicted molar refractivity (Wildman–Crippen MR) is 83.0 cm³/mol. The van der Waals surface area contributed by atoms with Crippen LogP contribution in [0.15, 0.2) is 56.6 Å². The van der Waals surface area contributed by atoms with Crippen LogP contribution in [0.3, 0.4) is 0 Å². The maximum Gasteiger partial charge on any atom is 0.329 e. The molecule has 0 aliphatic carbocycles. The zero-order valence-corrected chi connectivity index (χ0v) is 12.5. The third-order valence-corrected chi connectivity index (χ3v) is 3.78. The van der Waals surface area contributed by atoms with Crippen LogP contribution in [0.1, 0.15) is 12.8 Å².